The maximum atomic E-state index is 10.8. The van der Waals surface area contributed by atoms with Gasteiger partial charge in [-0.25, -0.2) is 0 Å². The summed E-state index contributed by atoms with van der Waals surface area (Å²) in [7, 11) is 0. The highest BCUT2D eigenvalue weighted by atomic mass is 16.1. The van der Waals surface area contributed by atoms with E-state index in [4.69, 9.17) is 0 Å². The molecule has 0 amide bonds. The zero-order valence-corrected chi connectivity index (χ0v) is 6.46. The molecule has 0 saturated heterocycles. The van der Waals surface area contributed by atoms with E-state index in [0.717, 1.165) is 6.07 Å². The molecule has 4 nitrogen and oxygen atoms in total. The van der Waals surface area contributed by atoms with E-state index in [1.165, 1.54) is 13.0 Å². The topological polar surface area (TPSA) is 67.0 Å². The predicted octanol–water partition coefficient (Wildman–Crippen LogP) is 0.390. The maximum absolute atomic E-state index is 10.8. The van der Waals surface area contributed by atoms with Crippen molar-refractivity contribution < 1.29 is 9.59 Å². The van der Waals surface area contributed by atoms with Crippen molar-refractivity contribution in [2.24, 2.45) is 0 Å². The summed E-state index contributed by atoms with van der Waals surface area (Å²) in [5.41, 5.74) is -0.0710. The Balaban J connectivity index is 3.33. The second-order valence-electron chi connectivity index (χ2n) is 2.36. The van der Waals surface area contributed by atoms with Gasteiger partial charge in [0.2, 0.25) is 5.56 Å². The third-order valence-corrected chi connectivity index (χ3v) is 1.40. The van der Waals surface area contributed by atoms with Crippen molar-refractivity contribution >= 4 is 12.1 Å². The van der Waals surface area contributed by atoms with Gasteiger partial charge in [0, 0.05) is 11.6 Å². The van der Waals surface area contributed by atoms with Crippen LogP contribution in [0.2, 0.25) is 0 Å². The molecule has 12 heavy (non-hydrogen) atoms. The lowest BCUT2D eigenvalue weighted by molar-refractivity contribution is 0.101. The summed E-state index contributed by atoms with van der Waals surface area (Å²) in [6.07, 6.45) is 0.494. The molecule has 0 atom stereocenters. The van der Waals surface area contributed by atoms with E-state index in [-0.39, 0.29) is 17.0 Å². The first-order chi connectivity index (χ1) is 5.63. The number of Topliss-reactive ketones (excluding diaryl/α,β-unsaturated/α-hetero) is 1. The average Bonchev–Trinajstić information content (AvgIpc) is 2.03. The Kier molecular flexibility index (Phi) is 2.19. The minimum absolute atomic E-state index is 0.118. The fourth-order valence-electron chi connectivity index (χ4n) is 0.832. The van der Waals surface area contributed by atoms with Crippen LogP contribution in [0.5, 0.6) is 0 Å². The second kappa shape index (κ2) is 3.13. The first-order valence-corrected chi connectivity index (χ1v) is 3.34. The second-order valence-corrected chi connectivity index (χ2v) is 2.36. The lowest BCUT2D eigenvalue weighted by atomic mass is 10.2. The largest absolute Gasteiger partial charge is 0.320 e. The van der Waals surface area contributed by atoms with Gasteiger partial charge in [0.1, 0.15) is 0 Å². The molecule has 0 aliphatic heterocycles. The van der Waals surface area contributed by atoms with Gasteiger partial charge in [0.25, 0.3) is 0 Å². The minimum Gasteiger partial charge on any atom is -0.320 e. The molecular weight excluding hydrogens is 158 g/mol. The molecule has 0 spiro atoms. The van der Waals surface area contributed by atoms with E-state index in [2.05, 4.69) is 4.98 Å². The number of pyridine rings is 1. The Labute approximate surface area is 68.2 Å². The molecule has 1 aromatic heterocycles. The highest BCUT2D eigenvalue weighted by Crippen LogP contribution is 1.97. The van der Waals surface area contributed by atoms with Crippen LogP contribution in [0.4, 0.5) is 0 Å². The molecule has 1 heterocycles. The minimum atomic E-state index is -0.440. The van der Waals surface area contributed by atoms with Crippen molar-refractivity contribution in [1.82, 2.24) is 4.98 Å². The van der Waals surface area contributed by atoms with Crippen LogP contribution in [0.15, 0.2) is 16.9 Å². The number of hydrogen-bond acceptors (Lipinski definition) is 3. The molecule has 1 aromatic rings. The Morgan fingerprint density at radius 3 is 2.67 bits per heavy atom. The molecular formula is C8H7NO3. The van der Waals surface area contributed by atoms with Crippen molar-refractivity contribution in [3.8, 4) is 0 Å². The molecule has 1 N–H and O–H groups in total. The summed E-state index contributed by atoms with van der Waals surface area (Å²) in [5.74, 6) is -0.232. The zero-order valence-electron chi connectivity index (χ0n) is 6.46. The van der Waals surface area contributed by atoms with Crippen LogP contribution in [-0.4, -0.2) is 17.1 Å². The highest BCUT2D eigenvalue weighted by molar-refractivity contribution is 5.95. The molecule has 0 saturated carbocycles. The van der Waals surface area contributed by atoms with Crippen molar-refractivity contribution in [2.75, 3.05) is 0 Å². The monoisotopic (exact) mass is 165 g/mol. The first kappa shape index (κ1) is 8.39. The molecule has 4 heteroatoms. The molecule has 0 radical (unpaired) electrons. The first-order valence-electron chi connectivity index (χ1n) is 3.34. The van der Waals surface area contributed by atoms with E-state index in [9.17, 15) is 14.4 Å². The van der Waals surface area contributed by atoms with Gasteiger partial charge in [-0.2, -0.15) is 0 Å². The Morgan fingerprint density at radius 1 is 1.50 bits per heavy atom. The third kappa shape index (κ3) is 1.66. The van der Waals surface area contributed by atoms with Crippen LogP contribution < -0.4 is 5.56 Å². The average molecular weight is 165 g/mol. The number of aromatic amines is 1. The number of rotatable bonds is 2. The van der Waals surface area contributed by atoms with Gasteiger partial charge in [0.05, 0.1) is 5.69 Å². The smallest absolute Gasteiger partial charge is 0.249 e. The molecule has 0 bridgehead atoms. The number of nitrogens with one attached hydrogen (secondary N) is 1. The molecule has 0 fully saturated rings. The number of aldehydes is 1. The summed E-state index contributed by atoms with van der Waals surface area (Å²) >= 11 is 0. The number of carbonyl (C=O) groups is 2. The normalized spacial score (nSPS) is 9.42. The van der Waals surface area contributed by atoms with Gasteiger partial charge in [-0.1, -0.05) is 0 Å². The van der Waals surface area contributed by atoms with E-state index in [0.29, 0.717) is 6.29 Å². The quantitative estimate of drug-likeness (QED) is 0.509. The lowest BCUT2D eigenvalue weighted by Crippen LogP contribution is -2.10. The Morgan fingerprint density at radius 2 is 2.17 bits per heavy atom. The number of carbonyl (C=O) groups excluding carboxylic acids is 2. The number of H-pyrrole nitrogens is 1. The standard InChI is InChI=1S/C8H7NO3/c1-5(11)6-2-7(4-10)9-8(12)3-6/h2-4H,1H3,(H,9,12). The molecule has 62 valence electrons. The third-order valence-electron chi connectivity index (χ3n) is 1.40. The van der Waals surface area contributed by atoms with E-state index in [1.807, 2.05) is 0 Å². The van der Waals surface area contributed by atoms with Gasteiger partial charge in [0.15, 0.2) is 12.1 Å². The van der Waals surface area contributed by atoms with Crippen LogP contribution in [0.3, 0.4) is 0 Å². The zero-order chi connectivity index (χ0) is 9.14. The van der Waals surface area contributed by atoms with Gasteiger partial charge in [-0.05, 0) is 13.0 Å². The van der Waals surface area contributed by atoms with Crippen molar-refractivity contribution in [3.05, 3.63) is 33.7 Å². The highest BCUT2D eigenvalue weighted by Gasteiger charge is 2.01. The van der Waals surface area contributed by atoms with E-state index >= 15 is 0 Å². The van der Waals surface area contributed by atoms with Crippen molar-refractivity contribution in [3.63, 3.8) is 0 Å². The molecule has 0 aromatic carbocycles. The summed E-state index contributed by atoms with van der Waals surface area (Å²) < 4.78 is 0. The maximum Gasteiger partial charge on any atom is 0.249 e. The van der Waals surface area contributed by atoms with E-state index < -0.39 is 5.56 Å². The van der Waals surface area contributed by atoms with Crippen LogP contribution in [-0.2, 0) is 0 Å². The summed E-state index contributed by atoms with van der Waals surface area (Å²) in [5, 5.41) is 0. The van der Waals surface area contributed by atoms with Crippen LogP contribution in [0.1, 0.15) is 27.8 Å². The van der Waals surface area contributed by atoms with Gasteiger partial charge >= 0.3 is 0 Å². The molecule has 0 aliphatic carbocycles. The van der Waals surface area contributed by atoms with Gasteiger partial charge < -0.3 is 4.98 Å². The fraction of sp³-hybridized carbons (Fsp3) is 0.125. The Hall–Kier alpha value is -1.71. The van der Waals surface area contributed by atoms with Crippen LogP contribution in [0.25, 0.3) is 0 Å². The Bertz CT molecular complexity index is 378. The lowest BCUT2D eigenvalue weighted by Gasteiger charge is -1.94. The van der Waals surface area contributed by atoms with E-state index in [1.54, 1.807) is 0 Å². The summed E-state index contributed by atoms with van der Waals surface area (Å²) in [4.78, 5) is 34.1. The molecule has 0 aliphatic rings. The van der Waals surface area contributed by atoms with Crippen LogP contribution >= 0.6 is 0 Å². The molecule has 0 unspecified atom stereocenters. The predicted molar refractivity (Wildman–Crippen MR) is 42.5 cm³/mol. The number of ketones is 1. The summed E-state index contributed by atoms with van der Waals surface area (Å²) in [6.45, 7) is 1.34. The fourth-order valence-corrected chi connectivity index (χ4v) is 0.832. The van der Waals surface area contributed by atoms with Crippen LogP contribution in [0, 0.1) is 0 Å². The summed E-state index contributed by atoms with van der Waals surface area (Å²) in [6, 6.07) is 2.51. The SMILES string of the molecule is CC(=O)c1cc(C=O)[nH]c(=O)c1. The van der Waals surface area contributed by atoms with Gasteiger partial charge in [-0.3, -0.25) is 14.4 Å². The number of hydrogen-bond donors (Lipinski definition) is 1. The van der Waals surface area contributed by atoms with Crippen molar-refractivity contribution in [2.45, 2.75) is 6.92 Å². The molecule has 1 rings (SSSR count). The van der Waals surface area contributed by atoms with Crippen molar-refractivity contribution in [1.29, 1.82) is 0 Å². The van der Waals surface area contributed by atoms with Gasteiger partial charge in [-0.15, -0.1) is 0 Å². The number of aromatic nitrogens is 1.